The van der Waals surface area contributed by atoms with Gasteiger partial charge >= 0.3 is 0 Å². The molecular formula is C22H25N3O4S. The first-order chi connectivity index (χ1) is 14.4. The molecule has 0 atom stereocenters. The van der Waals surface area contributed by atoms with Crippen LogP contribution < -0.4 is 5.32 Å². The fourth-order valence-corrected chi connectivity index (χ4v) is 5.56. The summed E-state index contributed by atoms with van der Waals surface area (Å²) in [6.45, 7) is 3.70. The molecule has 1 amide bonds. The van der Waals surface area contributed by atoms with Gasteiger partial charge in [0.05, 0.1) is 22.9 Å². The molecule has 158 valence electrons. The Balaban J connectivity index is 1.33. The minimum absolute atomic E-state index is 0.00187. The highest BCUT2D eigenvalue weighted by Gasteiger charge is 2.31. The third-order valence-corrected chi connectivity index (χ3v) is 7.86. The second-order valence-electron chi connectivity index (χ2n) is 7.62. The SMILES string of the molecule is CC(=O)N1CCC(S(=O)(=O)c2ccc(CNCc3cc4ccncc4o3)cc2)CC1. The van der Waals surface area contributed by atoms with E-state index in [0.717, 1.165) is 22.3 Å². The van der Waals surface area contributed by atoms with Crippen molar-refractivity contribution in [2.75, 3.05) is 13.1 Å². The normalized spacial score (nSPS) is 15.6. The van der Waals surface area contributed by atoms with Crippen molar-refractivity contribution in [3.05, 3.63) is 60.1 Å². The molecule has 0 aliphatic carbocycles. The molecule has 1 saturated heterocycles. The molecule has 3 aromatic rings. The van der Waals surface area contributed by atoms with E-state index < -0.39 is 15.1 Å². The van der Waals surface area contributed by atoms with Gasteiger partial charge in [-0.3, -0.25) is 9.78 Å². The highest BCUT2D eigenvalue weighted by molar-refractivity contribution is 7.92. The molecule has 0 spiro atoms. The fraction of sp³-hybridized carbons (Fsp3) is 0.364. The molecule has 8 heteroatoms. The van der Waals surface area contributed by atoms with Crippen LogP contribution in [0.3, 0.4) is 0 Å². The zero-order valence-corrected chi connectivity index (χ0v) is 17.7. The van der Waals surface area contributed by atoms with Crippen molar-refractivity contribution >= 4 is 26.7 Å². The van der Waals surface area contributed by atoms with Gasteiger partial charge in [0, 0.05) is 38.1 Å². The zero-order valence-electron chi connectivity index (χ0n) is 16.9. The Labute approximate surface area is 176 Å². The maximum Gasteiger partial charge on any atom is 0.219 e. The van der Waals surface area contributed by atoms with E-state index in [2.05, 4.69) is 10.3 Å². The summed E-state index contributed by atoms with van der Waals surface area (Å²) in [7, 11) is -3.39. The number of hydrogen-bond donors (Lipinski definition) is 1. The number of likely N-dealkylation sites (tertiary alicyclic amines) is 1. The van der Waals surface area contributed by atoms with Gasteiger partial charge in [0.2, 0.25) is 5.91 Å². The van der Waals surface area contributed by atoms with Crippen LogP contribution in [0.25, 0.3) is 11.0 Å². The quantitative estimate of drug-likeness (QED) is 0.650. The topological polar surface area (TPSA) is 92.5 Å². The summed E-state index contributed by atoms with van der Waals surface area (Å²) >= 11 is 0. The van der Waals surface area contributed by atoms with E-state index in [1.807, 2.05) is 24.3 Å². The van der Waals surface area contributed by atoms with Crippen molar-refractivity contribution in [3.63, 3.8) is 0 Å². The minimum Gasteiger partial charge on any atom is -0.458 e. The predicted molar refractivity (Wildman–Crippen MR) is 113 cm³/mol. The third kappa shape index (κ3) is 4.39. The van der Waals surface area contributed by atoms with E-state index >= 15 is 0 Å². The number of furan rings is 1. The van der Waals surface area contributed by atoms with Crippen molar-refractivity contribution in [1.29, 1.82) is 0 Å². The molecule has 7 nitrogen and oxygen atoms in total. The smallest absolute Gasteiger partial charge is 0.219 e. The maximum atomic E-state index is 12.9. The third-order valence-electron chi connectivity index (χ3n) is 5.58. The Bertz CT molecular complexity index is 1100. The van der Waals surface area contributed by atoms with Gasteiger partial charge in [-0.25, -0.2) is 8.42 Å². The van der Waals surface area contributed by atoms with Crippen LogP contribution in [0.1, 0.15) is 31.1 Å². The summed E-state index contributed by atoms with van der Waals surface area (Å²) in [6.07, 6.45) is 4.40. The number of aromatic nitrogens is 1. The van der Waals surface area contributed by atoms with Crippen molar-refractivity contribution in [2.24, 2.45) is 0 Å². The van der Waals surface area contributed by atoms with E-state index in [4.69, 9.17) is 4.42 Å². The molecule has 1 fully saturated rings. The summed E-state index contributed by atoms with van der Waals surface area (Å²) in [6, 6.07) is 10.9. The number of nitrogens with zero attached hydrogens (tertiary/aromatic N) is 2. The molecule has 0 bridgehead atoms. The number of carbonyl (C=O) groups is 1. The lowest BCUT2D eigenvalue weighted by Crippen LogP contribution is -2.41. The van der Waals surface area contributed by atoms with Crippen LogP contribution in [-0.4, -0.2) is 42.5 Å². The molecule has 0 radical (unpaired) electrons. The largest absolute Gasteiger partial charge is 0.458 e. The molecule has 2 aromatic heterocycles. The van der Waals surface area contributed by atoms with Crippen LogP contribution in [0.4, 0.5) is 0 Å². The number of hydrogen-bond acceptors (Lipinski definition) is 6. The second-order valence-corrected chi connectivity index (χ2v) is 9.85. The summed E-state index contributed by atoms with van der Waals surface area (Å²) in [5, 5.41) is 3.90. The molecular weight excluding hydrogens is 402 g/mol. The molecule has 1 aliphatic heterocycles. The van der Waals surface area contributed by atoms with E-state index in [1.54, 1.807) is 29.4 Å². The lowest BCUT2D eigenvalue weighted by molar-refractivity contribution is -0.129. The Hall–Kier alpha value is -2.71. The Morgan fingerprint density at radius 3 is 2.57 bits per heavy atom. The number of amides is 1. The summed E-state index contributed by atoms with van der Waals surface area (Å²) in [4.78, 5) is 17.5. The molecule has 3 heterocycles. The van der Waals surface area contributed by atoms with E-state index in [9.17, 15) is 13.2 Å². The van der Waals surface area contributed by atoms with E-state index in [1.165, 1.54) is 6.92 Å². The van der Waals surface area contributed by atoms with Gasteiger partial charge in [0.25, 0.3) is 0 Å². The minimum atomic E-state index is -3.39. The van der Waals surface area contributed by atoms with Crippen LogP contribution in [0.5, 0.6) is 0 Å². The number of rotatable bonds is 6. The lowest BCUT2D eigenvalue weighted by Gasteiger charge is -2.31. The average molecular weight is 428 g/mol. The van der Waals surface area contributed by atoms with Gasteiger partial charge in [-0.05, 0) is 42.7 Å². The molecule has 1 aliphatic rings. The van der Waals surface area contributed by atoms with Gasteiger partial charge < -0.3 is 14.6 Å². The van der Waals surface area contributed by atoms with Gasteiger partial charge in [0.15, 0.2) is 15.4 Å². The number of fused-ring (bicyclic) bond motifs is 1. The summed E-state index contributed by atoms with van der Waals surface area (Å²) in [5.41, 5.74) is 1.76. The van der Waals surface area contributed by atoms with Crippen LogP contribution in [0, 0.1) is 0 Å². The Morgan fingerprint density at radius 2 is 1.90 bits per heavy atom. The number of benzene rings is 1. The number of pyridine rings is 1. The van der Waals surface area contributed by atoms with Crippen LogP contribution >= 0.6 is 0 Å². The Kier molecular flexibility index (Phi) is 5.87. The number of nitrogens with one attached hydrogen (secondary N) is 1. The maximum absolute atomic E-state index is 12.9. The molecule has 1 aromatic carbocycles. The van der Waals surface area contributed by atoms with Gasteiger partial charge in [-0.1, -0.05) is 12.1 Å². The van der Waals surface area contributed by atoms with Crippen molar-refractivity contribution in [3.8, 4) is 0 Å². The molecule has 0 saturated carbocycles. The monoisotopic (exact) mass is 427 g/mol. The molecule has 0 unspecified atom stereocenters. The highest BCUT2D eigenvalue weighted by atomic mass is 32.2. The zero-order chi connectivity index (χ0) is 21.1. The number of carbonyl (C=O) groups excluding carboxylic acids is 1. The summed E-state index contributed by atoms with van der Waals surface area (Å²) in [5.74, 6) is 0.830. The molecule has 1 N–H and O–H groups in total. The molecule has 4 rings (SSSR count). The molecule has 30 heavy (non-hydrogen) atoms. The van der Waals surface area contributed by atoms with Crippen molar-refractivity contribution < 1.29 is 17.6 Å². The van der Waals surface area contributed by atoms with Gasteiger partial charge in [-0.15, -0.1) is 0 Å². The summed E-state index contributed by atoms with van der Waals surface area (Å²) < 4.78 is 31.6. The number of piperidine rings is 1. The van der Waals surface area contributed by atoms with Gasteiger partial charge in [-0.2, -0.15) is 0 Å². The Morgan fingerprint density at radius 1 is 1.17 bits per heavy atom. The highest BCUT2D eigenvalue weighted by Crippen LogP contribution is 2.25. The first kappa shape index (κ1) is 20.6. The predicted octanol–water partition coefficient (Wildman–Crippen LogP) is 2.90. The van der Waals surface area contributed by atoms with Crippen LogP contribution in [0.2, 0.25) is 0 Å². The van der Waals surface area contributed by atoms with Gasteiger partial charge in [0.1, 0.15) is 5.76 Å². The number of sulfone groups is 1. The van der Waals surface area contributed by atoms with Crippen LogP contribution in [-0.2, 0) is 27.7 Å². The standard InChI is InChI=1S/C22H25N3O4S/c1-16(26)25-10-7-21(8-11-25)30(27,28)20-4-2-17(3-5-20)13-24-14-19-12-18-6-9-23-15-22(18)29-19/h2-6,9,12,15,21,24H,7-8,10-11,13-14H2,1H3. The second kappa shape index (κ2) is 8.57. The average Bonchev–Trinajstić information content (AvgIpc) is 3.17. The lowest BCUT2D eigenvalue weighted by atomic mass is 10.1. The first-order valence-corrected chi connectivity index (χ1v) is 11.6. The van der Waals surface area contributed by atoms with E-state index in [0.29, 0.717) is 43.9 Å². The van der Waals surface area contributed by atoms with Crippen molar-refractivity contribution in [1.82, 2.24) is 15.2 Å². The van der Waals surface area contributed by atoms with Crippen molar-refractivity contribution in [2.45, 2.75) is 43.0 Å². The van der Waals surface area contributed by atoms with E-state index in [-0.39, 0.29) is 5.91 Å². The van der Waals surface area contributed by atoms with Crippen LogP contribution in [0.15, 0.2) is 58.1 Å². The first-order valence-electron chi connectivity index (χ1n) is 10.0. The fourth-order valence-electron chi connectivity index (χ4n) is 3.83.